The van der Waals surface area contributed by atoms with E-state index >= 15 is 0 Å². The Hall–Kier alpha value is -1.92. The molecule has 6 nitrogen and oxygen atoms in total. The molecule has 6 heteroatoms. The van der Waals surface area contributed by atoms with E-state index in [0.717, 1.165) is 18.5 Å². The molecule has 1 saturated heterocycles. The van der Waals surface area contributed by atoms with Gasteiger partial charge in [-0.25, -0.2) is 4.79 Å². The van der Waals surface area contributed by atoms with Crippen molar-refractivity contribution in [1.29, 1.82) is 0 Å². The maximum Gasteiger partial charge on any atom is 0.332 e. The molecule has 1 aromatic carbocycles. The Bertz CT molecular complexity index is 483. The van der Waals surface area contributed by atoms with Crippen molar-refractivity contribution in [1.82, 2.24) is 5.32 Å². The molecule has 0 radical (unpaired) electrons. The Morgan fingerprint density at radius 1 is 1.26 bits per heavy atom. The van der Waals surface area contributed by atoms with E-state index in [1.807, 2.05) is 30.3 Å². The summed E-state index contributed by atoms with van der Waals surface area (Å²) in [5.74, 6) is -1.51. The monoisotopic (exact) mass is 323 g/mol. The highest BCUT2D eigenvalue weighted by molar-refractivity contribution is 5.79. The summed E-state index contributed by atoms with van der Waals surface area (Å²) in [7, 11) is 1.46. The minimum Gasteiger partial charge on any atom is -0.479 e. The van der Waals surface area contributed by atoms with Crippen LogP contribution < -0.4 is 5.32 Å². The van der Waals surface area contributed by atoms with E-state index in [-0.39, 0.29) is 17.9 Å². The van der Waals surface area contributed by atoms with Gasteiger partial charge in [-0.05, 0) is 31.9 Å². The Balaban J connectivity index is 0.000000379. The smallest absolute Gasteiger partial charge is 0.332 e. The second-order valence-corrected chi connectivity index (χ2v) is 5.48. The highest BCUT2D eigenvalue weighted by Crippen LogP contribution is 2.26. The van der Waals surface area contributed by atoms with Gasteiger partial charge in [-0.3, -0.25) is 4.79 Å². The molecular weight excluding hydrogens is 298 g/mol. The van der Waals surface area contributed by atoms with E-state index in [1.54, 1.807) is 0 Å². The zero-order chi connectivity index (χ0) is 17.2. The quantitative estimate of drug-likeness (QED) is 0.727. The van der Waals surface area contributed by atoms with Gasteiger partial charge in [0.2, 0.25) is 0 Å². The van der Waals surface area contributed by atoms with Crippen LogP contribution in [0.4, 0.5) is 0 Å². The SMILES string of the molecule is CC(O)C(=O)O.COC(=O)C(c1ccccc1)C1CCCCN1. The van der Waals surface area contributed by atoms with Crippen molar-refractivity contribution in [3.8, 4) is 0 Å². The lowest BCUT2D eigenvalue weighted by atomic mass is 9.86. The van der Waals surface area contributed by atoms with Crippen molar-refractivity contribution >= 4 is 11.9 Å². The summed E-state index contributed by atoms with van der Waals surface area (Å²) in [5, 5.41) is 19.2. The molecule has 23 heavy (non-hydrogen) atoms. The summed E-state index contributed by atoms with van der Waals surface area (Å²) in [4.78, 5) is 21.4. The number of aliphatic carboxylic acids is 1. The number of nitrogens with one attached hydrogen (secondary N) is 1. The third kappa shape index (κ3) is 6.38. The second kappa shape index (κ2) is 9.97. The van der Waals surface area contributed by atoms with Crippen LogP contribution >= 0.6 is 0 Å². The summed E-state index contributed by atoms with van der Waals surface area (Å²) >= 11 is 0. The number of ether oxygens (including phenoxy) is 1. The maximum atomic E-state index is 11.9. The number of carboxylic acids is 1. The summed E-state index contributed by atoms with van der Waals surface area (Å²) < 4.78 is 4.94. The largest absolute Gasteiger partial charge is 0.479 e. The lowest BCUT2D eigenvalue weighted by molar-refractivity contribution is -0.145. The summed E-state index contributed by atoms with van der Waals surface area (Å²) in [6.45, 7) is 2.19. The number of esters is 1. The fourth-order valence-corrected chi connectivity index (χ4v) is 2.48. The molecule has 3 N–H and O–H groups in total. The molecule has 1 aliphatic heterocycles. The maximum absolute atomic E-state index is 11.9. The van der Waals surface area contributed by atoms with Gasteiger partial charge in [0.05, 0.1) is 13.0 Å². The van der Waals surface area contributed by atoms with Crippen LogP contribution in [-0.2, 0) is 14.3 Å². The van der Waals surface area contributed by atoms with Crippen LogP contribution in [0, 0.1) is 0 Å². The Morgan fingerprint density at radius 2 is 1.87 bits per heavy atom. The van der Waals surface area contributed by atoms with Gasteiger partial charge in [0, 0.05) is 6.04 Å². The number of hydrogen-bond donors (Lipinski definition) is 3. The Kier molecular flexibility index (Phi) is 8.29. The van der Waals surface area contributed by atoms with Crippen molar-refractivity contribution in [2.45, 2.75) is 44.2 Å². The number of methoxy groups -OCH3 is 1. The first-order chi connectivity index (χ1) is 11.0. The first-order valence-corrected chi connectivity index (χ1v) is 7.74. The fourth-order valence-electron chi connectivity index (χ4n) is 2.48. The van der Waals surface area contributed by atoms with Gasteiger partial charge in [-0.1, -0.05) is 36.8 Å². The highest BCUT2D eigenvalue weighted by Gasteiger charge is 2.31. The lowest BCUT2D eigenvalue weighted by Gasteiger charge is -2.29. The van der Waals surface area contributed by atoms with Crippen molar-refractivity contribution in [2.24, 2.45) is 0 Å². The molecule has 1 aliphatic rings. The number of carbonyl (C=O) groups is 2. The van der Waals surface area contributed by atoms with Crippen LogP contribution in [0.1, 0.15) is 37.7 Å². The van der Waals surface area contributed by atoms with Crippen LogP contribution in [0.2, 0.25) is 0 Å². The number of piperidine rings is 1. The normalized spacial score (nSPS) is 19.7. The van der Waals surface area contributed by atoms with Gasteiger partial charge >= 0.3 is 11.9 Å². The zero-order valence-corrected chi connectivity index (χ0v) is 13.6. The third-order valence-corrected chi connectivity index (χ3v) is 3.72. The van der Waals surface area contributed by atoms with Crippen LogP contribution in [0.15, 0.2) is 30.3 Å². The van der Waals surface area contributed by atoms with E-state index in [4.69, 9.17) is 14.9 Å². The molecule has 1 aromatic rings. The van der Waals surface area contributed by atoms with Crippen molar-refractivity contribution < 1.29 is 24.5 Å². The van der Waals surface area contributed by atoms with Crippen LogP contribution in [-0.4, -0.2) is 48.0 Å². The van der Waals surface area contributed by atoms with Crippen molar-refractivity contribution in [2.75, 3.05) is 13.7 Å². The molecular formula is C17H25NO5. The van der Waals surface area contributed by atoms with Gasteiger partial charge in [0.1, 0.15) is 6.10 Å². The number of hydrogen-bond acceptors (Lipinski definition) is 5. The Labute approximate surface area is 136 Å². The first kappa shape index (κ1) is 19.1. The summed E-state index contributed by atoms with van der Waals surface area (Å²) in [6, 6.07) is 10.1. The zero-order valence-electron chi connectivity index (χ0n) is 13.6. The minimum atomic E-state index is -1.23. The standard InChI is InChI=1S/C14H19NO2.C3H6O3/c1-17-14(16)13(11-7-3-2-4-8-11)12-9-5-6-10-15-12;1-2(4)3(5)6/h2-4,7-8,12-13,15H,5-6,9-10H2,1H3;2,4H,1H3,(H,5,6). The third-order valence-electron chi connectivity index (χ3n) is 3.72. The van der Waals surface area contributed by atoms with Crippen LogP contribution in [0.25, 0.3) is 0 Å². The van der Waals surface area contributed by atoms with Gasteiger partial charge in [0.15, 0.2) is 0 Å². The average Bonchev–Trinajstić information content (AvgIpc) is 2.57. The predicted molar refractivity (Wildman–Crippen MR) is 86.2 cm³/mol. The van der Waals surface area contributed by atoms with Gasteiger partial charge in [-0.15, -0.1) is 0 Å². The van der Waals surface area contributed by atoms with Gasteiger partial charge < -0.3 is 20.3 Å². The molecule has 0 saturated carbocycles. The molecule has 3 unspecified atom stereocenters. The van der Waals surface area contributed by atoms with E-state index < -0.39 is 12.1 Å². The topological polar surface area (TPSA) is 95.9 Å². The predicted octanol–water partition coefficient (Wildman–Crippen LogP) is 1.54. The van der Waals surface area contributed by atoms with Crippen LogP contribution in [0.3, 0.4) is 0 Å². The summed E-state index contributed by atoms with van der Waals surface area (Å²) in [5.41, 5.74) is 1.04. The Morgan fingerprint density at radius 3 is 2.30 bits per heavy atom. The lowest BCUT2D eigenvalue weighted by Crippen LogP contribution is -2.42. The molecule has 3 atom stereocenters. The molecule has 128 valence electrons. The fraction of sp³-hybridized carbons (Fsp3) is 0.529. The average molecular weight is 323 g/mol. The first-order valence-electron chi connectivity index (χ1n) is 7.74. The number of rotatable bonds is 4. The number of benzene rings is 1. The van der Waals surface area contributed by atoms with Crippen LogP contribution in [0.5, 0.6) is 0 Å². The van der Waals surface area contributed by atoms with Crippen molar-refractivity contribution in [3.05, 3.63) is 35.9 Å². The molecule has 0 aromatic heterocycles. The molecule has 0 aliphatic carbocycles. The van der Waals surface area contributed by atoms with Crippen molar-refractivity contribution in [3.63, 3.8) is 0 Å². The van der Waals surface area contributed by atoms with E-state index in [1.165, 1.54) is 26.9 Å². The van der Waals surface area contributed by atoms with Gasteiger partial charge in [-0.2, -0.15) is 0 Å². The molecule has 0 amide bonds. The molecule has 1 fully saturated rings. The van der Waals surface area contributed by atoms with E-state index in [0.29, 0.717) is 0 Å². The number of carbonyl (C=O) groups excluding carboxylic acids is 1. The van der Waals surface area contributed by atoms with Gasteiger partial charge in [0.25, 0.3) is 0 Å². The molecule has 1 heterocycles. The number of aliphatic hydroxyl groups excluding tert-OH is 1. The molecule has 0 spiro atoms. The summed E-state index contributed by atoms with van der Waals surface area (Å²) in [6.07, 6.45) is 2.18. The molecule has 0 bridgehead atoms. The second-order valence-electron chi connectivity index (χ2n) is 5.48. The number of carboxylic acid groups (broad SMARTS) is 1. The van der Waals surface area contributed by atoms with E-state index in [2.05, 4.69) is 5.32 Å². The number of aliphatic hydroxyl groups is 1. The molecule has 2 rings (SSSR count). The highest BCUT2D eigenvalue weighted by atomic mass is 16.5. The van der Waals surface area contributed by atoms with E-state index in [9.17, 15) is 9.59 Å². The minimum absolute atomic E-state index is 0.143.